The van der Waals surface area contributed by atoms with E-state index in [1.807, 2.05) is 0 Å². The van der Waals surface area contributed by atoms with Crippen molar-refractivity contribution in [2.75, 3.05) is 5.32 Å². The van der Waals surface area contributed by atoms with E-state index < -0.39 is 0 Å². The van der Waals surface area contributed by atoms with E-state index in [4.69, 9.17) is 4.52 Å². The highest BCUT2D eigenvalue weighted by atomic mass is 16.5. The van der Waals surface area contributed by atoms with Gasteiger partial charge in [0.05, 0.1) is 0 Å². The van der Waals surface area contributed by atoms with Crippen molar-refractivity contribution in [3.8, 4) is 0 Å². The molecule has 0 unspecified atom stereocenters. The van der Waals surface area contributed by atoms with Gasteiger partial charge in [-0.1, -0.05) is 31.1 Å². The smallest absolute Gasteiger partial charge is 0.277 e. The third kappa shape index (κ3) is 4.02. The monoisotopic (exact) mass is 286 g/mol. The van der Waals surface area contributed by atoms with Gasteiger partial charge >= 0.3 is 0 Å². The molecule has 0 spiro atoms. The number of ketones is 1. The molecule has 1 heterocycles. The van der Waals surface area contributed by atoms with Crippen molar-refractivity contribution < 1.29 is 14.1 Å². The van der Waals surface area contributed by atoms with Gasteiger partial charge in [0.1, 0.15) is 5.76 Å². The maximum absolute atomic E-state index is 12.1. The number of carbonyl (C=O) groups is 2. The second-order valence-electron chi connectivity index (χ2n) is 5.37. The van der Waals surface area contributed by atoms with Crippen molar-refractivity contribution in [2.45, 2.75) is 27.2 Å². The lowest BCUT2D eigenvalue weighted by Crippen LogP contribution is -2.12. The Bertz CT molecular complexity index is 659. The zero-order chi connectivity index (χ0) is 15.4. The van der Waals surface area contributed by atoms with Crippen LogP contribution in [0.2, 0.25) is 0 Å². The number of carbonyl (C=O) groups excluding carboxylic acids is 2. The summed E-state index contributed by atoms with van der Waals surface area (Å²) in [4.78, 5) is 23.4. The molecule has 2 rings (SSSR count). The highest BCUT2D eigenvalue weighted by Gasteiger charge is 2.14. The zero-order valence-electron chi connectivity index (χ0n) is 12.3. The summed E-state index contributed by atoms with van der Waals surface area (Å²) in [6.07, 6.45) is 0.736. The molecule has 1 aromatic carbocycles. The average molecular weight is 286 g/mol. The van der Waals surface area contributed by atoms with Gasteiger partial charge in [0, 0.05) is 23.7 Å². The van der Waals surface area contributed by atoms with Crippen LogP contribution in [0.4, 0.5) is 5.69 Å². The number of nitrogens with zero attached hydrogens (tertiary/aromatic N) is 1. The van der Waals surface area contributed by atoms with Crippen LogP contribution in [0.1, 0.15) is 47.4 Å². The third-order valence-corrected chi connectivity index (χ3v) is 2.93. The Balaban J connectivity index is 2.09. The van der Waals surface area contributed by atoms with Crippen LogP contribution >= 0.6 is 0 Å². The predicted octanol–water partition coefficient (Wildman–Crippen LogP) is 3.33. The number of benzene rings is 1. The second-order valence-corrected chi connectivity index (χ2v) is 5.37. The van der Waals surface area contributed by atoms with Gasteiger partial charge in [0.25, 0.3) is 5.91 Å². The van der Waals surface area contributed by atoms with Crippen LogP contribution in [0.25, 0.3) is 0 Å². The van der Waals surface area contributed by atoms with Crippen LogP contribution in [0.3, 0.4) is 0 Å². The highest BCUT2D eigenvalue weighted by Crippen LogP contribution is 2.14. The first-order valence-corrected chi connectivity index (χ1v) is 6.83. The molecule has 0 aliphatic heterocycles. The zero-order valence-corrected chi connectivity index (χ0v) is 12.3. The van der Waals surface area contributed by atoms with Gasteiger partial charge in [-0.3, -0.25) is 9.59 Å². The number of hydrogen-bond donors (Lipinski definition) is 1. The number of rotatable bonds is 5. The largest absolute Gasteiger partial charge is 0.361 e. The molecule has 5 nitrogen and oxygen atoms in total. The van der Waals surface area contributed by atoms with E-state index in [0.717, 1.165) is 6.42 Å². The SMILES string of the molecule is CC(=O)c1cccc(NC(=O)c2cc(CC(C)C)on2)c1. The van der Waals surface area contributed by atoms with Crippen LogP contribution in [-0.2, 0) is 6.42 Å². The fourth-order valence-electron chi connectivity index (χ4n) is 1.93. The molecule has 0 aliphatic carbocycles. The third-order valence-electron chi connectivity index (χ3n) is 2.93. The molecule has 1 aromatic heterocycles. The molecule has 1 N–H and O–H groups in total. The van der Waals surface area contributed by atoms with Crippen LogP contribution < -0.4 is 5.32 Å². The summed E-state index contributed by atoms with van der Waals surface area (Å²) in [7, 11) is 0. The Hall–Kier alpha value is -2.43. The summed E-state index contributed by atoms with van der Waals surface area (Å²) < 4.78 is 5.13. The minimum Gasteiger partial charge on any atom is -0.361 e. The predicted molar refractivity (Wildman–Crippen MR) is 79.4 cm³/mol. The van der Waals surface area contributed by atoms with Gasteiger partial charge in [-0.25, -0.2) is 0 Å². The molecule has 0 atom stereocenters. The molecule has 21 heavy (non-hydrogen) atoms. The summed E-state index contributed by atoms with van der Waals surface area (Å²) in [6, 6.07) is 8.42. The van der Waals surface area contributed by atoms with Crippen molar-refractivity contribution in [1.82, 2.24) is 5.16 Å². The summed E-state index contributed by atoms with van der Waals surface area (Å²) in [5.74, 6) is 0.718. The van der Waals surface area contributed by atoms with Gasteiger partial charge in [-0.2, -0.15) is 0 Å². The number of nitrogens with one attached hydrogen (secondary N) is 1. The normalized spacial score (nSPS) is 10.7. The van der Waals surface area contributed by atoms with Crippen LogP contribution in [0.5, 0.6) is 0 Å². The molecule has 0 radical (unpaired) electrons. The number of hydrogen-bond acceptors (Lipinski definition) is 4. The molecule has 0 aliphatic rings. The van der Waals surface area contributed by atoms with E-state index in [-0.39, 0.29) is 17.4 Å². The van der Waals surface area contributed by atoms with Gasteiger partial charge in [-0.15, -0.1) is 0 Å². The van der Waals surface area contributed by atoms with Crippen molar-refractivity contribution in [3.63, 3.8) is 0 Å². The van der Waals surface area contributed by atoms with Crippen molar-refractivity contribution in [3.05, 3.63) is 47.3 Å². The number of amides is 1. The Morgan fingerprint density at radius 1 is 1.29 bits per heavy atom. The summed E-state index contributed by atoms with van der Waals surface area (Å²) >= 11 is 0. The van der Waals surface area contributed by atoms with Crippen molar-refractivity contribution in [2.24, 2.45) is 5.92 Å². The topological polar surface area (TPSA) is 72.2 Å². The van der Waals surface area contributed by atoms with Crippen molar-refractivity contribution >= 4 is 17.4 Å². The molecule has 0 saturated carbocycles. The van der Waals surface area contributed by atoms with E-state index in [2.05, 4.69) is 24.3 Å². The van der Waals surface area contributed by atoms with Gasteiger partial charge in [-0.05, 0) is 25.0 Å². The van der Waals surface area contributed by atoms with Gasteiger partial charge in [0.2, 0.25) is 0 Å². The van der Waals surface area contributed by atoms with Crippen LogP contribution in [-0.4, -0.2) is 16.8 Å². The van der Waals surface area contributed by atoms with E-state index in [9.17, 15) is 9.59 Å². The number of anilines is 1. The van der Waals surface area contributed by atoms with Crippen LogP contribution in [0, 0.1) is 5.92 Å². The Morgan fingerprint density at radius 3 is 2.71 bits per heavy atom. The Morgan fingerprint density at radius 2 is 2.05 bits per heavy atom. The van der Waals surface area contributed by atoms with E-state index >= 15 is 0 Å². The van der Waals surface area contributed by atoms with E-state index in [0.29, 0.717) is 22.9 Å². The summed E-state index contributed by atoms with van der Waals surface area (Å²) in [6.45, 7) is 5.61. The second kappa shape index (κ2) is 6.35. The maximum atomic E-state index is 12.1. The molecule has 0 bridgehead atoms. The molecule has 5 heteroatoms. The fraction of sp³-hybridized carbons (Fsp3) is 0.312. The molecule has 1 amide bonds. The molecule has 0 fully saturated rings. The minimum atomic E-state index is -0.352. The lowest BCUT2D eigenvalue weighted by atomic mass is 10.1. The average Bonchev–Trinajstić information content (AvgIpc) is 2.86. The molecule has 2 aromatic rings. The highest BCUT2D eigenvalue weighted by molar-refractivity contribution is 6.03. The Kier molecular flexibility index (Phi) is 4.52. The molecule has 110 valence electrons. The number of Topliss-reactive ketones (excluding diaryl/α,β-unsaturated/α-hetero) is 1. The first-order valence-electron chi connectivity index (χ1n) is 6.83. The Labute approximate surface area is 123 Å². The van der Waals surface area contributed by atoms with E-state index in [1.54, 1.807) is 30.3 Å². The molecular weight excluding hydrogens is 268 g/mol. The fourth-order valence-corrected chi connectivity index (χ4v) is 1.93. The maximum Gasteiger partial charge on any atom is 0.277 e. The lowest BCUT2D eigenvalue weighted by Gasteiger charge is -2.04. The standard InChI is InChI=1S/C16H18N2O3/c1-10(2)7-14-9-15(18-21-14)16(20)17-13-6-4-5-12(8-13)11(3)19/h4-6,8-10H,7H2,1-3H3,(H,17,20). The van der Waals surface area contributed by atoms with E-state index in [1.165, 1.54) is 6.92 Å². The van der Waals surface area contributed by atoms with Gasteiger partial charge < -0.3 is 9.84 Å². The summed E-state index contributed by atoms with van der Waals surface area (Å²) in [5, 5.41) is 6.48. The lowest BCUT2D eigenvalue weighted by molar-refractivity contribution is 0.100. The minimum absolute atomic E-state index is 0.0493. The quantitative estimate of drug-likeness (QED) is 0.856. The van der Waals surface area contributed by atoms with Gasteiger partial charge in [0.15, 0.2) is 11.5 Å². The molecular formula is C16H18N2O3. The summed E-state index contributed by atoms with van der Waals surface area (Å²) in [5.41, 5.74) is 1.34. The first kappa shape index (κ1) is 15.0. The van der Waals surface area contributed by atoms with Crippen LogP contribution in [0.15, 0.2) is 34.9 Å². The first-order chi connectivity index (χ1) is 9.95. The molecule has 0 saturated heterocycles. The van der Waals surface area contributed by atoms with Crippen molar-refractivity contribution in [1.29, 1.82) is 0 Å². The number of aromatic nitrogens is 1.